The Labute approximate surface area is 131 Å². The molecule has 0 bridgehead atoms. The highest BCUT2D eigenvalue weighted by molar-refractivity contribution is 6.03. The standard InChI is InChI=1S/C16H14O7/c1-22-13-6-12-14(16(21)15(13)20)10(19)5-11(23-12)7-2-3-8(17)9(18)4-7/h2-4,6,11,17-18,20-21H,5H2,1H3. The van der Waals surface area contributed by atoms with E-state index in [9.17, 15) is 25.2 Å². The van der Waals surface area contributed by atoms with Gasteiger partial charge in [0.05, 0.1) is 13.5 Å². The van der Waals surface area contributed by atoms with Crippen molar-refractivity contribution in [2.75, 3.05) is 7.11 Å². The smallest absolute Gasteiger partial charge is 0.201 e. The zero-order chi connectivity index (χ0) is 16.7. The van der Waals surface area contributed by atoms with Gasteiger partial charge in [-0.15, -0.1) is 0 Å². The first-order chi connectivity index (χ1) is 10.9. The predicted octanol–water partition coefficient (Wildman–Crippen LogP) is 2.22. The number of phenolic OH excluding ortho intramolecular Hbond substituents is 4. The van der Waals surface area contributed by atoms with Gasteiger partial charge in [0.2, 0.25) is 5.75 Å². The van der Waals surface area contributed by atoms with Crippen LogP contribution in [-0.2, 0) is 0 Å². The highest BCUT2D eigenvalue weighted by atomic mass is 16.5. The van der Waals surface area contributed by atoms with Gasteiger partial charge < -0.3 is 29.9 Å². The Bertz CT molecular complexity index is 798. The van der Waals surface area contributed by atoms with Gasteiger partial charge >= 0.3 is 0 Å². The molecule has 3 rings (SSSR count). The monoisotopic (exact) mass is 318 g/mol. The van der Waals surface area contributed by atoms with Crippen LogP contribution in [-0.4, -0.2) is 33.3 Å². The highest BCUT2D eigenvalue weighted by Crippen LogP contribution is 2.48. The van der Waals surface area contributed by atoms with Gasteiger partial charge in [0.15, 0.2) is 28.8 Å². The van der Waals surface area contributed by atoms with Crippen LogP contribution in [0.25, 0.3) is 0 Å². The van der Waals surface area contributed by atoms with Gasteiger partial charge in [-0.3, -0.25) is 4.79 Å². The first-order valence-corrected chi connectivity index (χ1v) is 6.77. The second kappa shape index (κ2) is 5.28. The van der Waals surface area contributed by atoms with Crippen LogP contribution in [0.3, 0.4) is 0 Å². The Kier molecular flexibility index (Phi) is 3.40. The number of ketones is 1. The number of methoxy groups -OCH3 is 1. The summed E-state index contributed by atoms with van der Waals surface area (Å²) >= 11 is 0. The van der Waals surface area contributed by atoms with Crippen molar-refractivity contribution in [2.45, 2.75) is 12.5 Å². The molecule has 0 aromatic heterocycles. The number of carbonyl (C=O) groups excluding carboxylic acids is 1. The Balaban J connectivity index is 2.04. The SMILES string of the molecule is COc1cc2c(c(O)c1O)C(=O)CC(c1ccc(O)c(O)c1)O2. The van der Waals surface area contributed by atoms with Crippen molar-refractivity contribution < 1.29 is 34.7 Å². The Hall–Kier alpha value is -3.09. The van der Waals surface area contributed by atoms with Crippen LogP contribution >= 0.6 is 0 Å². The molecule has 1 heterocycles. The molecule has 1 aliphatic rings. The van der Waals surface area contributed by atoms with Crippen molar-refractivity contribution in [2.24, 2.45) is 0 Å². The lowest BCUT2D eigenvalue weighted by Crippen LogP contribution is -2.20. The van der Waals surface area contributed by atoms with Crippen LogP contribution in [0.1, 0.15) is 28.4 Å². The molecule has 0 saturated carbocycles. The summed E-state index contributed by atoms with van der Waals surface area (Å²) in [4.78, 5) is 12.3. The molecule has 0 saturated heterocycles. The molecule has 2 aromatic rings. The minimum Gasteiger partial charge on any atom is -0.504 e. The molecular weight excluding hydrogens is 304 g/mol. The van der Waals surface area contributed by atoms with Crippen molar-refractivity contribution in [3.05, 3.63) is 35.4 Å². The third kappa shape index (κ3) is 2.36. The van der Waals surface area contributed by atoms with Gasteiger partial charge in [0.1, 0.15) is 17.4 Å². The normalized spacial score (nSPS) is 16.6. The van der Waals surface area contributed by atoms with E-state index in [0.29, 0.717) is 5.56 Å². The van der Waals surface area contributed by atoms with Gasteiger partial charge in [-0.2, -0.15) is 0 Å². The Morgan fingerprint density at radius 3 is 2.48 bits per heavy atom. The molecule has 0 radical (unpaired) electrons. The summed E-state index contributed by atoms with van der Waals surface area (Å²) in [6.07, 6.45) is -0.786. The summed E-state index contributed by atoms with van der Waals surface area (Å²) in [6, 6.07) is 5.43. The number of hydrogen-bond acceptors (Lipinski definition) is 7. The predicted molar refractivity (Wildman–Crippen MR) is 78.4 cm³/mol. The molecule has 0 fully saturated rings. The summed E-state index contributed by atoms with van der Waals surface area (Å²) in [5, 5.41) is 38.7. The van der Waals surface area contributed by atoms with Gasteiger partial charge in [-0.1, -0.05) is 6.07 Å². The van der Waals surface area contributed by atoms with Gasteiger partial charge in [0.25, 0.3) is 0 Å². The van der Waals surface area contributed by atoms with Gasteiger partial charge in [0, 0.05) is 6.07 Å². The van der Waals surface area contributed by atoms with E-state index in [-0.39, 0.29) is 35.0 Å². The molecule has 2 aromatic carbocycles. The molecular formula is C16H14O7. The zero-order valence-corrected chi connectivity index (χ0v) is 12.1. The number of fused-ring (bicyclic) bond motifs is 1. The fourth-order valence-corrected chi connectivity index (χ4v) is 2.52. The number of carbonyl (C=O) groups is 1. The number of benzene rings is 2. The lowest BCUT2D eigenvalue weighted by atomic mass is 9.95. The van der Waals surface area contributed by atoms with Crippen LogP contribution < -0.4 is 9.47 Å². The van der Waals surface area contributed by atoms with E-state index in [2.05, 4.69) is 0 Å². The average Bonchev–Trinajstić information content (AvgIpc) is 2.52. The Morgan fingerprint density at radius 1 is 1.09 bits per heavy atom. The number of rotatable bonds is 2. The first-order valence-electron chi connectivity index (χ1n) is 6.77. The highest BCUT2D eigenvalue weighted by Gasteiger charge is 2.33. The maximum Gasteiger partial charge on any atom is 0.201 e. The van der Waals surface area contributed by atoms with E-state index in [4.69, 9.17) is 9.47 Å². The van der Waals surface area contributed by atoms with Crippen LogP contribution in [0, 0.1) is 0 Å². The number of hydrogen-bond donors (Lipinski definition) is 4. The molecule has 0 aliphatic carbocycles. The molecule has 0 spiro atoms. The maximum absolute atomic E-state index is 12.3. The quantitative estimate of drug-likeness (QED) is 0.627. The number of aromatic hydroxyl groups is 4. The molecule has 23 heavy (non-hydrogen) atoms. The summed E-state index contributed by atoms with van der Waals surface area (Å²) in [5.74, 6) is -2.08. The van der Waals surface area contributed by atoms with Crippen molar-refractivity contribution >= 4 is 5.78 Å². The van der Waals surface area contributed by atoms with Gasteiger partial charge in [-0.25, -0.2) is 0 Å². The molecule has 7 nitrogen and oxygen atoms in total. The Morgan fingerprint density at radius 2 is 1.83 bits per heavy atom. The lowest BCUT2D eigenvalue weighted by molar-refractivity contribution is 0.0842. The van der Waals surface area contributed by atoms with Crippen LogP contribution in [0.15, 0.2) is 24.3 Å². The van der Waals surface area contributed by atoms with Crippen molar-refractivity contribution in [1.82, 2.24) is 0 Å². The third-order valence-corrected chi connectivity index (χ3v) is 3.71. The molecule has 0 amide bonds. The maximum atomic E-state index is 12.3. The molecule has 7 heteroatoms. The summed E-state index contributed by atoms with van der Waals surface area (Å²) in [5.41, 5.74) is 0.383. The van der Waals surface area contributed by atoms with Crippen molar-refractivity contribution in [1.29, 1.82) is 0 Å². The fourth-order valence-electron chi connectivity index (χ4n) is 2.52. The van der Waals surface area contributed by atoms with Crippen LogP contribution in [0.5, 0.6) is 34.5 Å². The second-order valence-corrected chi connectivity index (χ2v) is 5.13. The number of Topliss-reactive ketones (excluding diaryl/α,β-unsaturated/α-hetero) is 1. The van der Waals surface area contributed by atoms with Gasteiger partial charge in [-0.05, 0) is 17.7 Å². The molecule has 1 atom stereocenters. The van der Waals surface area contributed by atoms with Crippen molar-refractivity contribution in [3.8, 4) is 34.5 Å². The number of ether oxygens (including phenoxy) is 2. The zero-order valence-electron chi connectivity index (χ0n) is 12.1. The summed E-state index contributed by atoms with van der Waals surface area (Å²) < 4.78 is 10.6. The van der Waals surface area contributed by atoms with E-state index < -0.39 is 23.4 Å². The minimum absolute atomic E-state index is 0.0248. The molecule has 4 N–H and O–H groups in total. The topological polar surface area (TPSA) is 116 Å². The van der Waals surface area contributed by atoms with Crippen molar-refractivity contribution in [3.63, 3.8) is 0 Å². The largest absolute Gasteiger partial charge is 0.504 e. The molecule has 1 aliphatic heterocycles. The fraction of sp³-hybridized carbons (Fsp3) is 0.188. The second-order valence-electron chi connectivity index (χ2n) is 5.13. The van der Waals surface area contributed by atoms with Crippen LogP contribution in [0.2, 0.25) is 0 Å². The van der Waals surface area contributed by atoms with E-state index in [1.165, 1.54) is 31.4 Å². The number of phenols is 4. The minimum atomic E-state index is -0.699. The molecule has 120 valence electrons. The van der Waals surface area contributed by atoms with E-state index in [1.54, 1.807) is 0 Å². The first kappa shape index (κ1) is 14.8. The van der Waals surface area contributed by atoms with E-state index in [1.807, 2.05) is 0 Å². The average molecular weight is 318 g/mol. The van der Waals surface area contributed by atoms with E-state index >= 15 is 0 Å². The van der Waals surface area contributed by atoms with E-state index in [0.717, 1.165) is 0 Å². The summed E-state index contributed by atoms with van der Waals surface area (Å²) in [6.45, 7) is 0. The third-order valence-electron chi connectivity index (χ3n) is 3.71. The lowest BCUT2D eigenvalue weighted by Gasteiger charge is -2.27. The summed E-state index contributed by atoms with van der Waals surface area (Å²) in [7, 11) is 1.31. The molecule has 1 unspecified atom stereocenters. The van der Waals surface area contributed by atoms with Crippen LogP contribution in [0.4, 0.5) is 0 Å².